The van der Waals surface area contributed by atoms with E-state index in [1.165, 1.54) is 22.3 Å². The second kappa shape index (κ2) is 4.34. The number of hydrogen-bond donors (Lipinski definition) is 1. The van der Waals surface area contributed by atoms with Crippen molar-refractivity contribution in [2.24, 2.45) is 0 Å². The highest BCUT2D eigenvalue weighted by molar-refractivity contribution is 5.40. The van der Waals surface area contributed by atoms with Crippen molar-refractivity contribution in [2.75, 3.05) is 6.54 Å². The largest absolute Gasteiger partial charge is 0.306 e. The number of rotatable bonds is 1. The van der Waals surface area contributed by atoms with Crippen molar-refractivity contribution in [1.29, 1.82) is 0 Å². The van der Waals surface area contributed by atoms with Gasteiger partial charge in [-0.25, -0.2) is 0 Å². The Balaban J connectivity index is 2.06. The molecule has 0 amide bonds. The van der Waals surface area contributed by atoms with E-state index in [-0.39, 0.29) is 0 Å². The van der Waals surface area contributed by atoms with Crippen LogP contribution in [-0.4, -0.2) is 6.54 Å². The van der Waals surface area contributed by atoms with Gasteiger partial charge in [-0.1, -0.05) is 54.1 Å². The van der Waals surface area contributed by atoms with E-state index in [1.54, 1.807) is 0 Å². The Kier molecular flexibility index (Phi) is 2.69. The molecule has 0 radical (unpaired) electrons. The third-order valence-electron chi connectivity index (χ3n) is 3.48. The first kappa shape index (κ1) is 10.5. The predicted molar refractivity (Wildman–Crippen MR) is 71.2 cm³/mol. The van der Waals surface area contributed by atoms with Crippen LogP contribution in [0.15, 0.2) is 48.5 Å². The van der Waals surface area contributed by atoms with Crippen LogP contribution >= 0.6 is 0 Å². The molecule has 1 N–H and O–H groups in total. The summed E-state index contributed by atoms with van der Waals surface area (Å²) < 4.78 is 0. The van der Waals surface area contributed by atoms with Gasteiger partial charge in [-0.3, -0.25) is 0 Å². The molecule has 1 aliphatic heterocycles. The highest BCUT2D eigenvalue weighted by Gasteiger charge is 2.20. The molecule has 2 aromatic carbocycles. The molecule has 1 unspecified atom stereocenters. The van der Waals surface area contributed by atoms with Gasteiger partial charge >= 0.3 is 0 Å². The van der Waals surface area contributed by atoms with E-state index < -0.39 is 0 Å². The zero-order chi connectivity index (χ0) is 11.7. The highest BCUT2D eigenvalue weighted by Crippen LogP contribution is 2.28. The minimum absolute atomic E-state index is 0.361. The Morgan fingerprint density at radius 2 is 1.94 bits per heavy atom. The molecule has 0 aliphatic carbocycles. The monoisotopic (exact) mass is 223 g/mol. The van der Waals surface area contributed by atoms with Crippen LogP contribution < -0.4 is 5.32 Å². The van der Waals surface area contributed by atoms with Gasteiger partial charge in [0.2, 0.25) is 0 Å². The number of hydrogen-bond acceptors (Lipinski definition) is 1. The Hall–Kier alpha value is -1.60. The summed E-state index contributed by atoms with van der Waals surface area (Å²) in [6.07, 6.45) is 1.14. The minimum atomic E-state index is 0.361. The second-order valence-electron chi connectivity index (χ2n) is 4.75. The molecule has 1 nitrogen and oxygen atoms in total. The molecule has 86 valence electrons. The average Bonchev–Trinajstić information content (AvgIpc) is 2.38. The minimum Gasteiger partial charge on any atom is -0.306 e. The van der Waals surface area contributed by atoms with Crippen LogP contribution in [-0.2, 0) is 6.42 Å². The van der Waals surface area contributed by atoms with Crippen LogP contribution in [0.5, 0.6) is 0 Å². The summed E-state index contributed by atoms with van der Waals surface area (Å²) in [6.45, 7) is 3.22. The van der Waals surface area contributed by atoms with Crippen molar-refractivity contribution in [2.45, 2.75) is 19.4 Å². The third-order valence-corrected chi connectivity index (χ3v) is 3.48. The standard InChI is InChI=1S/C16H17N/c1-12-5-4-7-14(11-12)16-15-8-3-2-6-13(15)9-10-17-16/h2-8,11,16-17H,9-10H2,1H3. The smallest absolute Gasteiger partial charge is 0.0579 e. The molecule has 0 saturated heterocycles. The van der Waals surface area contributed by atoms with E-state index in [4.69, 9.17) is 0 Å². The van der Waals surface area contributed by atoms with Gasteiger partial charge in [-0.15, -0.1) is 0 Å². The van der Waals surface area contributed by atoms with Crippen molar-refractivity contribution in [3.63, 3.8) is 0 Å². The van der Waals surface area contributed by atoms with E-state index in [1.807, 2.05) is 0 Å². The number of aryl methyl sites for hydroxylation is 1. The van der Waals surface area contributed by atoms with Crippen LogP contribution in [0, 0.1) is 6.92 Å². The Labute approximate surface area is 102 Å². The van der Waals surface area contributed by atoms with Crippen LogP contribution in [0.1, 0.15) is 28.3 Å². The zero-order valence-electron chi connectivity index (χ0n) is 10.1. The van der Waals surface area contributed by atoms with E-state index in [2.05, 4.69) is 60.8 Å². The molecule has 17 heavy (non-hydrogen) atoms. The summed E-state index contributed by atoms with van der Waals surface area (Å²) in [5.41, 5.74) is 5.62. The van der Waals surface area contributed by atoms with Gasteiger partial charge in [0.05, 0.1) is 6.04 Å². The number of fused-ring (bicyclic) bond motifs is 1. The van der Waals surface area contributed by atoms with Crippen LogP contribution in [0.4, 0.5) is 0 Å². The van der Waals surface area contributed by atoms with E-state index >= 15 is 0 Å². The number of nitrogens with one attached hydrogen (secondary N) is 1. The lowest BCUT2D eigenvalue weighted by molar-refractivity contribution is 0.567. The van der Waals surface area contributed by atoms with Crippen molar-refractivity contribution < 1.29 is 0 Å². The highest BCUT2D eigenvalue weighted by atomic mass is 14.9. The van der Waals surface area contributed by atoms with Crippen molar-refractivity contribution in [3.05, 3.63) is 70.8 Å². The maximum atomic E-state index is 3.62. The normalized spacial score (nSPS) is 18.8. The number of benzene rings is 2. The van der Waals surface area contributed by atoms with Crippen molar-refractivity contribution in [1.82, 2.24) is 5.32 Å². The van der Waals surface area contributed by atoms with Crippen molar-refractivity contribution in [3.8, 4) is 0 Å². The molecular weight excluding hydrogens is 206 g/mol. The summed E-state index contributed by atoms with van der Waals surface area (Å²) in [4.78, 5) is 0. The molecular formula is C16H17N. The first-order valence-electron chi connectivity index (χ1n) is 6.22. The lowest BCUT2D eigenvalue weighted by atomic mass is 9.89. The van der Waals surface area contributed by atoms with E-state index in [0.717, 1.165) is 13.0 Å². The summed E-state index contributed by atoms with van der Waals surface area (Å²) in [5.74, 6) is 0. The maximum Gasteiger partial charge on any atom is 0.0579 e. The Morgan fingerprint density at radius 1 is 1.06 bits per heavy atom. The van der Waals surface area contributed by atoms with E-state index in [0.29, 0.717) is 6.04 Å². The predicted octanol–water partition coefficient (Wildman–Crippen LogP) is 3.23. The van der Waals surface area contributed by atoms with E-state index in [9.17, 15) is 0 Å². The molecule has 0 saturated carbocycles. The summed E-state index contributed by atoms with van der Waals surface area (Å²) >= 11 is 0. The van der Waals surface area contributed by atoms with Gasteiger partial charge in [0.1, 0.15) is 0 Å². The summed E-state index contributed by atoms with van der Waals surface area (Å²) in [6, 6.07) is 17.9. The lowest BCUT2D eigenvalue weighted by Crippen LogP contribution is -2.30. The van der Waals surface area contributed by atoms with Crippen LogP contribution in [0.2, 0.25) is 0 Å². The Bertz CT molecular complexity index is 531. The zero-order valence-corrected chi connectivity index (χ0v) is 10.1. The maximum absolute atomic E-state index is 3.62. The van der Waals surface area contributed by atoms with Crippen LogP contribution in [0.25, 0.3) is 0 Å². The topological polar surface area (TPSA) is 12.0 Å². The lowest BCUT2D eigenvalue weighted by Gasteiger charge is -2.27. The molecule has 1 aliphatic rings. The first-order chi connectivity index (χ1) is 8.34. The van der Waals surface area contributed by atoms with Crippen molar-refractivity contribution >= 4 is 0 Å². The third kappa shape index (κ3) is 1.98. The quantitative estimate of drug-likeness (QED) is 0.782. The molecule has 0 aromatic heterocycles. The molecule has 0 bridgehead atoms. The molecule has 2 aromatic rings. The summed E-state index contributed by atoms with van der Waals surface area (Å²) in [5, 5.41) is 3.62. The first-order valence-corrected chi connectivity index (χ1v) is 6.22. The molecule has 0 fully saturated rings. The molecule has 0 spiro atoms. The average molecular weight is 223 g/mol. The van der Waals surface area contributed by atoms with Crippen LogP contribution in [0.3, 0.4) is 0 Å². The van der Waals surface area contributed by atoms with Gasteiger partial charge in [0.25, 0.3) is 0 Å². The fourth-order valence-electron chi connectivity index (χ4n) is 2.65. The molecule has 1 heterocycles. The molecule has 1 heteroatoms. The van der Waals surface area contributed by atoms with Gasteiger partial charge in [0, 0.05) is 6.54 Å². The van der Waals surface area contributed by atoms with Gasteiger partial charge in [0.15, 0.2) is 0 Å². The Morgan fingerprint density at radius 3 is 2.82 bits per heavy atom. The fraction of sp³-hybridized carbons (Fsp3) is 0.250. The molecule has 3 rings (SSSR count). The molecule has 1 atom stereocenters. The fourth-order valence-corrected chi connectivity index (χ4v) is 2.65. The van der Waals surface area contributed by atoms with Gasteiger partial charge < -0.3 is 5.32 Å². The second-order valence-corrected chi connectivity index (χ2v) is 4.75. The van der Waals surface area contributed by atoms with Gasteiger partial charge in [-0.05, 0) is 30.0 Å². The van der Waals surface area contributed by atoms with Gasteiger partial charge in [-0.2, -0.15) is 0 Å². The summed E-state index contributed by atoms with van der Waals surface area (Å²) in [7, 11) is 0. The SMILES string of the molecule is Cc1cccc(C2NCCc3ccccc32)c1.